The number of esters is 4. The van der Waals surface area contributed by atoms with Gasteiger partial charge in [-0.15, -0.1) is 0 Å². The first kappa shape index (κ1) is 95.5. The molecule has 0 aromatic carbocycles. The summed E-state index contributed by atoms with van der Waals surface area (Å²) in [6.45, 7) is 4.59. The van der Waals surface area contributed by atoms with Gasteiger partial charge in [0.15, 0.2) is 12.2 Å². The lowest BCUT2D eigenvalue weighted by atomic mass is 10.1. The second-order valence-corrected chi connectivity index (χ2v) is 28.5. The number of aliphatic hydroxyl groups excluding tert-OH is 1. The number of allylic oxidation sites excluding steroid dienone is 20. The van der Waals surface area contributed by atoms with Crippen LogP contribution in [0.5, 0.6) is 0 Å². The number of hydrogen-bond acceptors (Lipinski definition) is 15. The summed E-state index contributed by atoms with van der Waals surface area (Å²) in [5.74, 6) is -2.28. The van der Waals surface area contributed by atoms with Gasteiger partial charge >= 0.3 is 39.5 Å². The lowest BCUT2D eigenvalue weighted by Gasteiger charge is -2.21. The first-order valence-corrected chi connectivity index (χ1v) is 41.8. The summed E-state index contributed by atoms with van der Waals surface area (Å²) in [6.07, 6.45) is 79.0. The summed E-state index contributed by atoms with van der Waals surface area (Å²) in [4.78, 5) is 72.9. The Kier molecular flexibility index (Phi) is 69.5. The number of aliphatic hydroxyl groups is 1. The quantitative estimate of drug-likeness (QED) is 0.0169. The Bertz CT molecular complexity index is 2370. The van der Waals surface area contributed by atoms with Gasteiger partial charge in [0, 0.05) is 25.7 Å². The Morgan fingerprint density at radius 3 is 0.870 bits per heavy atom. The van der Waals surface area contributed by atoms with Crippen molar-refractivity contribution in [2.45, 2.75) is 329 Å². The van der Waals surface area contributed by atoms with Crippen molar-refractivity contribution in [2.75, 3.05) is 39.6 Å². The third-order valence-corrected chi connectivity index (χ3v) is 17.8. The molecule has 0 spiro atoms. The van der Waals surface area contributed by atoms with E-state index in [2.05, 4.69) is 137 Å². The number of carbonyl (C=O) groups is 4. The highest BCUT2D eigenvalue weighted by Crippen LogP contribution is 2.45. The normalized spacial score (nSPS) is 14.6. The summed E-state index contributed by atoms with van der Waals surface area (Å²) in [5.41, 5.74) is 0. The molecular weight excluding hydrogens is 1310 g/mol. The Labute approximate surface area is 606 Å². The molecule has 3 N–H and O–H groups in total. The lowest BCUT2D eigenvalue weighted by molar-refractivity contribution is -0.161. The molecule has 5 atom stereocenters. The van der Waals surface area contributed by atoms with Gasteiger partial charge in [0.2, 0.25) is 0 Å². The highest BCUT2D eigenvalue weighted by atomic mass is 31.2. The number of unbranched alkanes of at least 4 members (excludes halogenated alkanes) is 26. The SMILES string of the molecule is CC/C=C\C/C=C\C/C=C\C/C=C\C/C=C\CCCC(=O)OCC(COP(=O)(O)OCC(O)COP(=O)(O)OCC(COC(=O)CCCCCCC/C=C\C/C=C\CCCCC)OC(=O)CCCCCCC/C=C\C/C=C\CCCCC)OC(=O)CCCCCCC/C=C\CCCCCC. The Morgan fingerprint density at radius 2 is 0.530 bits per heavy atom. The Morgan fingerprint density at radius 1 is 0.290 bits per heavy atom. The van der Waals surface area contributed by atoms with Crippen molar-refractivity contribution in [1.82, 2.24) is 0 Å². The van der Waals surface area contributed by atoms with Crippen molar-refractivity contribution in [3.63, 3.8) is 0 Å². The van der Waals surface area contributed by atoms with E-state index in [1.165, 1.54) is 64.2 Å². The first-order valence-electron chi connectivity index (χ1n) is 38.8. The van der Waals surface area contributed by atoms with Crippen LogP contribution >= 0.6 is 15.6 Å². The minimum Gasteiger partial charge on any atom is -0.462 e. The molecular formula is C81H138O17P2. The maximum absolute atomic E-state index is 13.1. The van der Waals surface area contributed by atoms with Crippen LogP contribution in [0.25, 0.3) is 0 Å². The van der Waals surface area contributed by atoms with Crippen LogP contribution in [-0.2, 0) is 65.4 Å². The van der Waals surface area contributed by atoms with E-state index in [1.54, 1.807) is 0 Å². The molecule has 5 unspecified atom stereocenters. The van der Waals surface area contributed by atoms with Crippen LogP contribution in [0.4, 0.5) is 0 Å². The minimum atomic E-state index is -4.99. The predicted octanol–water partition coefficient (Wildman–Crippen LogP) is 22.3. The zero-order valence-electron chi connectivity index (χ0n) is 62.6. The van der Waals surface area contributed by atoms with Gasteiger partial charge in [-0.2, -0.15) is 0 Å². The molecule has 0 radical (unpaired) electrons. The molecule has 17 nitrogen and oxygen atoms in total. The van der Waals surface area contributed by atoms with Crippen molar-refractivity contribution in [1.29, 1.82) is 0 Å². The van der Waals surface area contributed by atoms with Crippen LogP contribution in [0.1, 0.15) is 310 Å². The standard InChI is InChI=1S/C81H138O17P2/c1-5-9-13-17-21-25-29-33-36-37-40-43-46-50-54-58-62-66-79(84)92-71-76(97-80(85)67-63-59-55-51-47-41-32-28-24-20-16-12-8-4)73-95-99(87,88)93-69-75(82)70-94-100(89,90)96-74-77(98-81(86)68-64-60-56-52-48-44-39-35-31-27-23-19-15-11-7-3)72-91-78(83)65-61-57-53-49-45-42-38-34-30-26-22-18-14-10-6-2/h9,13,21-23,25-28,32-36,38-40,43,50,54,75-77,82H,5-8,10-12,14-20,24,29-31,37,41-42,44-49,51-53,55-74H2,1-4H3,(H,87,88)(H,89,90)/b13-9-,25-21-,26-22-,27-23-,32-28-,36-33-,38-34-,39-35-,43-40-,54-50-. The van der Waals surface area contributed by atoms with Crippen LogP contribution in [0.3, 0.4) is 0 Å². The van der Waals surface area contributed by atoms with E-state index in [1.807, 2.05) is 12.2 Å². The minimum absolute atomic E-state index is 0.0701. The number of phosphoric acid groups is 2. The molecule has 100 heavy (non-hydrogen) atoms. The van der Waals surface area contributed by atoms with E-state index in [9.17, 15) is 43.2 Å². The molecule has 0 bridgehead atoms. The van der Waals surface area contributed by atoms with Gasteiger partial charge in [-0.3, -0.25) is 37.3 Å². The van der Waals surface area contributed by atoms with Gasteiger partial charge < -0.3 is 33.8 Å². The molecule has 0 amide bonds. The fourth-order valence-electron chi connectivity index (χ4n) is 9.96. The van der Waals surface area contributed by atoms with Crippen molar-refractivity contribution in [3.05, 3.63) is 122 Å². The van der Waals surface area contributed by atoms with E-state index in [0.717, 1.165) is 161 Å². The van der Waals surface area contributed by atoms with Crippen molar-refractivity contribution < 1.29 is 80.2 Å². The van der Waals surface area contributed by atoms with Crippen molar-refractivity contribution in [3.8, 4) is 0 Å². The molecule has 0 heterocycles. The fourth-order valence-corrected chi connectivity index (χ4v) is 11.5. The molecule has 0 aromatic rings. The van der Waals surface area contributed by atoms with E-state index in [-0.39, 0.29) is 25.7 Å². The lowest BCUT2D eigenvalue weighted by Crippen LogP contribution is -2.30. The van der Waals surface area contributed by atoms with Crippen LogP contribution in [0.15, 0.2) is 122 Å². The van der Waals surface area contributed by atoms with E-state index >= 15 is 0 Å². The summed E-state index contributed by atoms with van der Waals surface area (Å²) in [5, 5.41) is 10.6. The summed E-state index contributed by atoms with van der Waals surface area (Å²) in [7, 11) is -9.98. The summed E-state index contributed by atoms with van der Waals surface area (Å²) < 4.78 is 68.4. The molecule has 0 saturated heterocycles. The Balaban J connectivity index is 5.42. The highest BCUT2D eigenvalue weighted by molar-refractivity contribution is 7.47. The second-order valence-electron chi connectivity index (χ2n) is 25.6. The average molecular weight is 1450 g/mol. The molecule has 0 aromatic heterocycles. The van der Waals surface area contributed by atoms with E-state index in [0.29, 0.717) is 32.1 Å². The van der Waals surface area contributed by atoms with Gasteiger partial charge in [0.25, 0.3) is 0 Å². The molecule has 0 rings (SSSR count). The average Bonchev–Trinajstić information content (AvgIpc) is 0.965. The molecule has 0 saturated carbocycles. The molecule has 0 fully saturated rings. The van der Waals surface area contributed by atoms with Crippen LogP contribution in [0, 0.1) is 0 Å². The predicted molar refractivity (Wildman–Crippen MR) is 408 cm³/mol. The van der Waals surface area contributed by atoms with Gasteiger partial charge in [0.1, 0.15) is 19.3 Å². The molecule has 0 aliphatic carbocycles. The van der Waals surface area contributed by atoms with Crippen LogP contribution in [0.2, 0.25) is 0 Å². The third kappa shape index (κ3) is 71.8. The topological polar surface area (TPSA) is 237 Å². The molecule has 19 heteroatoms. The van der Waals surface area contributed by atoms with Crippen LogP contribution in [-0.4, -0.2) is 96.7 Å². The van der Waals surface area contributed by atoms with Crippen molar-refractivity contribution >= 4 is 39.5 Å². The zero-order valence-corrected chi connectivity index (χ0v) is 64.4. The molecule has 0 aliphatic heterocycles. The number of ether oxygens (including phenoxy) is 4. The summed E-state index contributed by atoms with van der Waals surface area (Å²) in [6, 6.07) is 0. The van der Waals surface area contributed by atoms with Gasteiger partial charge in [0.05, 0.1) is 26.4 Å². The van der Waals surface area contributed by atoms with Gasteiger partial charge in [-0.05, 0) is 154 Å². The Hall–Kier alpha value is -4.54. The van der Waals surface area contributed by atoms with Crippen molar-refractivity contribution in [2.24, 2.45) is 0 Å². The smallest absolute Gasteiger partial charge is 0.462 e. The number of carbonyl (C=O) groups excluding carboxylic acids is 4. The number of phosphoric ester groups is 2. The van der Waals surface area contributed by atoms with Crippen LogP contribution < -0.4 is 0 Å². The maximum Gasteiger partial charge on any atom is 0.472 e. The summed E-state index contributed by atoms with van der Waals surface area (Å²) >= 11 is 0. The zero-order chi connectivity index (χ0) is 73.2. The maximum atomic E-state index is 13.1. The number of hydrogen-bond donors (Lipinski definition) is 3. The number of rotatable bonds is 72. The van der Waals surface area contributed by atoms with Gasteiger partial charge in [-0.25, -0.2) is 9.13 Å². The highest BCUT2D eigenvalue weighted by Gasteiger charge is 2.30. The second kappa shape index (κ2) is 72.8. The first-order chi connectivity index (χ1) is 48.7. The van der Waals surface area contributed by atoms with Gasteiger partial charge in [-0.1, -0.05) is 252 Å². The molecule has 574 valence electrons. The third-order valence-electron chi connectivity index (χ3n) is 15.9. The van der Waals surface area contributed by atoms with E-state index < -0.39 is 97.5 Å². The monoisotopic (exact) mass is 1440 g/mol. The fraction of sp³-hybridized carbons (Fsp3) is 0.704. The largest absolute Gasteiger partial charge is 0.472 e. The molecule has 0 aliphatic rings. The van der Waals surface area contributed by atoms with E-state index in [4.69, 9.17) is 37.0 Å².